The van der Waals surface area contributed by atoms with Crippen LogP contribution in [0, 0.1) is 17.6 Å². The van der Waals surface area contributed by atoms with Crippen LogP contribution in [-0.2, 0) is 28.0 Å². The number of carbonyl (C=O) groups is 1. The van der Waals surface area contributed by atoms with Crippen molar-refractivity contribution in [2.24, 2.45) is 11.1 Å². The number of nitrogens with two attached hydrogens (primary N) is 1. The Kier molecular flexibility index (Phi) is 7.88. The Morgan fingerprint density at radius 1 is 1.19 bits per heavy atom. The predicted octanol–water partition coefficient (Wildman–Crippen LogP) is 5.16. The molecule has 218 valence electrons. The van der Waals surface area contributed by atoms with E-state index in [9.17, 15) is 18.5 Å². The van der Waals surface area contributed by atoms with E-state index in [1.165, 1.54) is 34.9 Å². The normalized spacial score (nSPS) is 16.4. The number of nitrogens with zero attached hydrogens (tertiary/aromatic N) is 4. The van der Waals surface area contributed by atoms with Crippen LogP contribution in [0.5, 0.6) is 0 Å². The number of halogens is 2. The highest BCUT2D eigenvalue weighted by molar-refractivity contribution is 7.82. The van der Waals surface area contributed by atoms with Crippen molar-refractivity contribution in [3.05, 3.63) is 87.6 Å². The molecule has 1 saturated carbocycles. The lowest BCUT2D eigenvalue weighted by molar-refractivity contribution is 0.0691. The Morgan fingerprint density at radius 3 is 2.64 bits per heavy atom. The van der Waals surface area contributed by atoms with Gasteiger partial charge in [0.15, 0.2) is 22.5 Å². The highest BCUT2D eigenvalue weighted by atomic mass is 32.2. The SMILES string of the molecule is CN1CC=C(c2cc(-c3nn(-c4nc(C(=O)O)cs4)c(CC4CC4)c3Cc3ccc([SH+](N)=O)c(F)c3)ccc2F)CC1. The number of carboxylic acids is 1. The maximum atomic E-state index is 15.2. The standard InChI is InChI=1S/C30H29F2N5O3S2/c1-36-10-8-19(9-11-36)21-15-20(5-6-23(21)31)28-22(12-18-4-7-27(42(33)40)24(32)13-18)26(14-17-2-3-17)37(35-28)30-34-25(16-41-30)29(38)39/h4-8,13,15-17H,2-3,9-12,14H2,1H3,(H2,33,40)(H,38,39)/p+1. The Balaban J connectivity index is 1.52. The number of benzene rings is 2. The van der Waals surface area contributed by atoms with Crippen molar-refractivity contribution in [3.63, 3.8) is 0 Å². The predicted molar refractivity (Wildman–Crippen MR) is 159 cm³/mol. The molecule has 42 heavy (non-hydrogen) atoms. The Morgan fingerprint density at radius 2 is 2.00 bits per heavy atom. The van der Waals surface area contributed by atoms with Gasteiger partial charge in [0.05, 0.1) is 11.4 Å². The molecular weight excluding hydrogens is 580 g/mol. The third-order valence-electron chi connectivity index (χ3n) is 7.79. The van der Waals surface area contributed by atoms with Gasteiger partial charge in [0.1, 0.15) is 5.82 Å². The van der Waals surface area contributed by atoms with E-state index in [0.29, 0.717) is 46.3 Å². The molecule has 0 spiro atoms. The summed E-state index contributed by atoms with van der Waals surface area (Å²) in [5.74, 6) is -1.64. The summed E-state index contributed by atoms with van der Waals surface area (Å²) in [5.41, 5.74) is 5.01. The maximum Gasteiger partial charge on any atom is 0.355 e. The van der Waals surface area contributed by atoms with E-state index in [1.54, 1.807) is 16.8 Å². The van der Waals surface area contributed by atoms with Gasteiger partial charge in [0.25, 0.3) is 0 Å². The topological polar surface area (TPSA) is 114 Å². The molecule has 6 rings (SSSR count). The fourth-order valence-corrected chi connectivity index (χ4v) is 6.57. The van der Waals surface area contributed by atoms with Gasteiger partial charge >= 0.3 is 5.97 Å². The largest absolute Gasteiger partial charge is 0.476 e. The van der Waals surface area contributed by atoms with E-state index >= 15 is 4.39 Å². The summed E-state index contributed by atoms with van der Waals surface area (Å²) in [5, 5.41) is 21.8. The fraction of sp³-hybridized carbons (Fsp3) is 0.300. The van der Waals surface area contributed by atoms with E-state index in [2.05, 4.69) is 9.88 Å². The highest BCUT2D eigenvalue weighted by Gasteiger charge is 2.30. The molecule has 3 N–H and O–H groups in total. The monoisotopic (exact) mass is 610 g/mol. The molecule has 4 aromatic rings. The number of thiol groups is 1. The molecule has 1 aliphatic carbocycles. The molecule has 8 nitrogen and oxygen atoms in total. The van der Waals surface area contributed by atoms with Crippen molar-refractivity contribution >= 4 is 33.9 Å². The van der Waals surface area contributed by atoms with Crippen LogP contribution in [0.4, 0.5) is 8.78 Å². The van der Waals surface area contributed by atoms with Crippen molar-refractivity contribution in [2.45, 2.75) is 37.0 Å². The minimum absolute atomic E-state index is 0.0403. The zero-order valence-electron chi connectivity index (χ0n) is 22.9. The Hall–Kier alpha value is -3.58. The smallest absolute Gasteiger partial charge is 0.355 e. The van der Waals surface area contributed by atoms with Gasteiger partial charge in [-0.1, -0.05) is 16.4 Å². The summed E-state index contributed by atoms with van der Waals surface area (Å²) in [6.45, 7) is 1.56. The number of rotatable bonds is 9. The quantitative estimate of drug-likeness (QED) is 0.200. The molecule has 12 heteroatoms. The van der Waals surface area contributed by atoms with E-state index < -0.39 is 22.8 Å². The molecular formula is C30H30F2N5O3S2+. The van der Waals surface area contributed by atoms with Gasteiger partial charge in [-0.05, 0) is 80.1 Å². The average Bonchev–Trinajstić information content (AvgIpc) is 3.52. The molecule has 2 aliphatic rings. The van der Waals surface area contributed by atoms with Gasteiger partial charge in [-0.25, -0.2) is 23.2 Å². The summed E-state index contributed by atoms with van der Waals surface area (Å²) in [6, 6.07) is 9.44. The van der Waals surface area contributed by atoms with Gasteiger partial charge in [0.2, 0.25) is 10.0 Å². The van der Waals surface area contributed by atoms with E-state index in [4.69, 9.17) is 10.2 Å². The third-order valence-corrected chi connectivity index (χ3v) is 9.44. The molecule has 0 radical (unpaired) electrons. The molecule has 2 aromatic heterocycles. The average molecular weight is 611 g/mol. The zero-order valence-corrected chi connectivity index (χ0v) is 24.6. The van der Waals surface area contributed by atoms with Gasteiger partial charge in [0, 0.05) is 41.6 Å². The number of carboxylic acid groups (broad SMARTS) is 1. The molecule has 0 bridgehead atoms. The fourth-order valence-electron chi connectivity index (χ4n) is 5.30. The molecule has 0 amide bonds. The van der Waals surface area contributed by atoms with Crippen LogP contribution in [-0.4, -0.2) is 50.9 Å². The van der Waals surface area contributed by atoms with Crippen molar-refractivity contribution in [1.82, 2.24) is 19.7 Å². The van der Waals surface area contributed by atoms with E-state index in [-0.39, 0.29) is 16.4 Å². The first-order valence-electron chi connectivity index (χ1n) is 13.7. The lowest BCUT2D eigenvalue weighted by Crippen LogP contribution is -2.23. The van der Waals surface area contributed by atoms with Crippen LogP contribution < -0.4 is 5.14 Å². The number of thiazole rings is 1. The number of aromatic carboxylic acids is 1. The van der Waals surface area contributed by atoms with Crippen molar-refractivity contribution < 1.29 is 22.9 Å². The van der Waals surface area contributed by atoms with Gasteiger partial charge in [-0.15, -0.1) is 16.5 Å². The highest BCUT2D eigenvalue weighted by Crippen LogP contribution is 2.39. The van der Waals surface area contributed by atoms with Crippen LogP contribution in [0.3, 0.4) is 0 Å². The van der Waals surface area contributed by atoms with Crippen LogP contribution in [0.2, 0.25) is 0 Å². The first-order chi connectivity index (χ1) is 20.2. The summed E-state index contributed by atoms with van der Waals surface area (Å²) < 4.78 is 43.4. The number of aromatic nitrogens is 3. The molecule has 1 unspecified atom stereocenters. The van der Waals surface area contributed by atoms with E-state index in [1.807, 2.05) is 19.2 Å². The molecule has 1 fully saturated rings. The van der Waals surface area contributed by atoms with Crippen molar-refractivity contribution in [3.8, 4) is 16.4 Å². The zero-order chi connectivity index (χ0) is 29.5. The lowest BCUT2D eigenvalue weighted by atomic mass is 9.93. The second-order valence-electron chi connectivity index (χ2n) is 10.9. The van der Waals surface area contributed by atoms with Crippen molar-refractivity contribution in [2.75, 3.05) is 20.1 Å². The summed E-state index contributed by atoms with van der Waals surface area (Å²) >= 11 is 1.18. The summed E-state index contributed by atoms with van der Waals surface area (Å²) in [6.07, 6.45) is 5.87. The lowest BCUT2D eigenvalue weighted by Gasteiger charge is -2.22. The summed E-state index contributed by atoms with van der Waals surface area (Å²) in [4.78, 5) is 18.1. The van der Waals surface area contributed by atoms with Gasteiger partial charge < -0.3 is 10.0 Å². The molecule has 2 aromatic carbocycles. The van der Waals surface area contributed by atoms with Crippen molar-refractivity contribution in [1.29, 1.82) is 0 Å². The Bertz CT molecular complexity index is 1740. The molecule has 3 heterocycles. The first kappa shape index (κ1) is 28.5. The first-order valence-corrected chi connectivity index (χ1v) is 15.9. The molecule has 0 saturated heterocycles. The molecule has 1 atom stereocenters. The number of hydrogen-bond donors (Lipinski definition) is 2. The van der Waals surface area contributed by atoms with E-state index in [0.717, 1.165) is 49.2 Å². The summed E-state index contributed by atoms with van der Waals surface area (Å²) in [7, 11) is -0.302. The van der Waals surface area contributed by atoms with Gasteiger partial charge in [-0.2, -0.15) is 5.10 Å². The van der Waals surface area contributed by atoms with Gasteiger partial charge in [-0.3, -0.25) is 0 Å². The number of hydrogen-bond acceptors (Lipinski definition) is 6. The second-order valence-corrected chi connectivity index (χ2v) is 12.8. The van der Waals surface area contributed by atoms with Crippen LogP contribution in [0.15, 0.2) is 52.7 Å². The molecule has 1 aliphatic heterocycles. The maximum absolute atomic E-state index is 15.2. The minimum Gasteiger partial charge on any atom is -0.476 e. The second kappa shape index (κ2) is 11.6. The van der Waals surface area contributed by atoms with Crippen LogP contribution >= 0.6 is 11.3 Å². The number of likely N-dealkylation sites (N-methyl/N-ethyl adjacent to an activating group) is 1. The minimum atomic E-state index is -2.33. The third kappa shape index (κ3) is 5.84. The Labute approximate surface area is 248 Å². The van der Waals surface area contributed by atoms with Crippen LogP contribution in [0.25, 0.3) is 22.0 Å². The van der Waals surface area contributed by atoms with Crippen LogP contribution in [0.1, 0.15) is 52.1 Å².